The third kappa shape index (κ3) is 4.39. The topological polar surface area (TPSA) is 49.8 Å². The van der Waals surface area contributed by atoms with Crippen LogP contribution in [-0.4, -0.2) is 48.8 Å². The first-order chi connectivity index (χ1) is 6.68. The Morgan fingerprint density at radius 3 is 3.07 bits per heavy atom. The number of rotatable bonds is 5. The largest absolute Gasteiger partial charge is 0.478 e. The number of likely N-dealkylation sites (N-methyl/N-ethyl adjacent to an activating group) is 1. The summed E-state index contributed by atoms with van der Waals surface area (Å²) in [4.78, 5) is 12.3. The van der Waals surface area contributed by atoms with Crippen molar-refractivity contribution in [3.8, 4) is 0 Å². The number of nitrogens with zero attached hydrogens (tertiary/aromatic N) is 1. The van der Waals surface area contributed by atoms with Gasteiger partial charge in [0.2, 0.25) is 0 Å². The van der Waals surface area contributed by atoms with E-state index in [2.05, 4.69) is 4.90 Å². The van der Waals surface area contributed by atoms with Gasteiger partial charge < -0.3 is 14.7 Å². The summed E-state index contributed by atoms with van der Waals surface area (Å²) in [5.41, 5.74) is 0. The maximum atomic E-state index is 10.2. The van der Waals surface area contributed by atoms with Gasteiger partial charge >= 0.3 is 5.97 Å². The SMILES string of the molecule is CN(CC=CC(=O)O)CC1CCCO1. The van der Waals surface area contributed by atoms with E-state index in [4.69, 9.17) is 9.84 Å². The maximum absolute atomic E-state index is 10.2. The summed E-state index contributed by atoms with van der Waals surface area (Å²) in [6.07, 6.45) is 5.41. The lowest BCUT2D eigenvalue weighted by Crippen LogP contribution is -2.28. The summed E-state index contributed by atoms with van der Waals surface area (Å²) in [7, 11) is 1.97. The highest BCUT2D eigenvalue weighted by Gasteiger charge is 2.16. The van der Waals surface area contributed by atoms with Crippen molar-refractivity contribution in [2.24, 2.45) is 0 Å². The zero-order chi connectivity index (χ0) is 10.4. The molecule has 0 aromatic heterocycles. The lowest BCUT2D eigenvalue weighted by atomic mass is 10.2. The molecule has 0 saturated carbocycles. The van der Waals surface area contributed by atoms with Gasteiger partial charge in [-0.25, -0.2) is 4.79 Å². The van der Waals surface area contributed by atoms with Crippen LogP contribution in [0.15, 0.2) is 12.2 Å². The van der Waals surface area contributed by atoms with Crippen LogP contribution in [0, 0.1) is 0 Å². The molecule has 1 unspecified atom stereocenters. The predicted octanol–water partition coefficient (Wildman–Crippen LogP) is 0.738. The molecule has 14 heavy (non-hydrogen) atoms. The van der Waals surface area contributed by atoms with Gasteiger partial charge in [0, 0.05) is 25.8 Å². The number of carboxylic acid groups (broad SMARTS) is 1. The second-order valence-electron chi connectivity index (χ2n) is 3.60. The van der Waals surface area contributed by atoms with Crippen molar-refractivity contribution in [3.63, 3.8) is 0 Å². The molecule has 80 valence electrons. The van der Waals surface area contributed by atoms with Gasteiger partial charge in [0.15, 0.2) is 0 Å². The summed E-state index contributed by atoms with van der Waals surface area (Å²) in [5.74, 6) is -0.893. The number of carboxylic acids is 1. The van der Waals surface area contributed by atoms with Gasteiger partial charge in [-0.3, -0.25) is 0 Å². The summed E-state index contributed by atoms with van der Waals surface area (Å²) >= 11 is 0. The zero-order valence-electron chi connectivity index (χ0n) is 8.48. The van der Waals surface area contributed by atoms with Crippen molar-refractivity contribution >= 4 is 5.97 Å². The highest BCUT2D eigenvalue weighted by molar-refractivity contribution is 5.79. The molecule has 1 aliphatic heterocycles. The molecule has 1 rings (SSSR count). The molecular weight excluding hydrogens is 182 g/mol. The van der Waals surface area contributed by atoms with Crippen molar-refractivity contribution in [3.05, 3.63) is 12.2 Å². The van der Waals surface area contributed by atoms with E-state index in [0.717, 1.165) is 26.0 Å². The molecule has 1 saturated heterocycles. The van der Waals surface area contributed by atoms with Crippen LogP contribution in [0.1, 0.15) is 12.8 Å². The van der Waals surface area contributed by atoms with Crippen LogP contribution in [0.5, 0.6) is 0 Å². The van der Waals surface area contributed by atoms with E-state index in [1.807, 2.05) is 7.05 Å². The smallest absolute Gasteiger partial charge is 0.328 e. The second-order valence-corrected chi connectivity index (χ2v) is 3.60. The van der Waals surface area contributed by atoms with Gasteiger partial charge in [-0.1, -0.05) is 6.08 Å². The predicted molar refractivity (Wildman–Crippen MR) is 53.2 cm³/mol. The highest BCUT2D eigenvalue weighted by Crippen LogP contribution is 2.12. The van der Waals surface area contributed by atoms with Crippen LogP contribution in [0.25, 0.3) is 0 Å². The molecule has 0 amide bonds. The Morgan fingerprint density at radius 1 is 1.71 bits per heavy atom. The lowest BCUT2D eigenvalue weighted by Gasteiger charge is -2.18. The molecule has 0 aromatic carbocycles. The fourth-order valence-corrected chi connectivity index (χ4v) is 1.54. The van der Waals surface area contributed by atoms with Crippen molar-refractivity contribution in [2.75, 3.05) is 26.7 Å². The third-order valence-electron chi connectivity index (χ3n) is 2.22. The Hall–Kier alpha value is -0.870. The Bertz CT molecular complexity index is 209. The van der Waals surface area contributed by atoms with Gasteiger partial charge in [0.25, 0.3) is 0 Å². The van der Waals surface area contributed by atoms with Gasteiger partial charge in [-0.05, 0) is 19.9 Å². The van der Waals surface area contributed by atoms with Gasteiger partial charge in [0.1, 0.15) is 0 Å². The first kappa shape index (κ1) is 11.2. The zero-order valence-corrected chi connectivity index (χ0v) is 8.48. The van der Waals surface area contributed by atoms with E-state index in [1.54, 1.807) is 6.08 Å². The number of ether oxygens (including phenoxy) is 1. The van der Waals surface area contributed by atoms with Crippen LogP contribution in [0.2, 0.25) is 0 Å². The molecule has 1 aliphatic rings. The Labute approximate surface area is 84.2 Å². The number of hydrogen-bond acceptors (Lipinski definition) is 3. The Balaban J connectivity index is 2.14. The minimum atomic E-state index is -0.893. The molecule has 4 heteroatoms. The third-order valence-corrected chi connectivity index (χ3v) is 2.22. The number of aliphatic carboxylic acids is 1. The summed E-state index contributed by atoms with van der Waals surface area (Å²) in [6, 6.07) is 0. The first-order valence-electron chi connectivity index (χ1n) is 4.88. The monoisotopic (exact) mass is 199 g/mol. The molecule has 4 nitrogen and oxygen atoms in total. The second kappa shape index (κ2) is 5.78. The fourth-order valence-electron chi connectivity index (χ4n) is 1.54. The van der Waals surface area contributed by atoms with Crippen molar-refractivity contribution in [1.82, 2.24) is 4.90 Å². The highest BCUT2D eigenvalue weighted by atomic mass is 16.5. The molecule has 0 aromatic rings. The minimum absolute atomic E-state index is 0.332. The molecule has 0 aliphatic carbocycles. The normalized spacial score (nSPS) is 22.3. The average molecular weight is 199 g/mol. The van der Waals surface area contributed by atoms with E-state index in [-0.39, 0.29) is 0 Å². The minimum Gasteiger partial charge on any atom is -0.478 e. The summed E-state index contributed by atoms with van der Waals surface area (Å²) < 4.78 is 5.47. The van der Waals surface area contributed by atoms with E-state index >= 15 is 0 Å². The molecule has 0 bridgehead atoms. The van der Waals surface area contributed by atoms with Crippen LogP contribution >= 0.6 is 0 Å². The fraction of sp³-hybridized carbons (Fsp3) is 0.700. The number of carbonyl (C=O) groups is 1. The van der Waals surface area contributed by atoms with Gasteiger partial charge in [-0.2, -0.15) is 0 Å². The van der Waals surface area contributed by atoms with Crippen LogP contribution in [0.3, 0.4) is 0 Å². The quantitative estimate of drug-likeness (QED) is 0.663. The van der Waals surface area contributed by atoms with Gasteiger partial charge in [0.05, 0.1) is 6.10 Å². The Morgan fingerprint density at radius 2 is 2.50 bits per heavy atom. The molecule has 1 fully saturated rings. The van der Waals surface area contributed by atoms with Crippen LogP contribution < -0.4 is 0 Å². The maximum Gasteiger partial charge on any atom is 0.328 e. The van der Waals surface area contributed by atoms with E-state index in [1.165, 1.54) is 6.08 Å². The molecule has 0 spiro atoms. The average Bonchev–Trinajstić information content (AvgIpc) is 2.56. The molecule has 1 atom stereocenters. The molecule has 1 heterocycles. The Kier molecular flexibility index (Phi) is 4.62. The molecule has 1 N–H and O–H groups in total. The van der Waals surface area contributed by atoms with E-state index in [0.29, 0.717) is 12.6 Å². The van der Waals surface area contributed by atoms with Crippen LogP contribution in [0.4, 0.5) is 0 Å². The first-order valence-corrected chi connectivity index (χ1v) is 4.88. The van der Waals surface area contributed by atoms with Crippen molar-refractivity contribution in [1.29, 1.82) is 0 Å². The van der Waals surface area contributed by atoms with Crippen molar-refractivity contribution < 1.29 is 14.6 Å². The molecular formula is C10H17NO3. The van der Waals surface area contributed by atoms with Crippen LogP contribution in [-0.2, 0) is 9.53 Å². The van der Waals surface area contributed by atoms with Crippen molar-refractivity contribution in [2.45, 2.75) is 18.9 Å². The number of hydrogen-bond donors (Lipinski definition) is 1. The summed E-state index contributed by atoms with van der Waals surface area (Å²) in [6.45, 7) is 2.40. The van der Waals surface area contributed by atoms with Gasteiger partial charge in [-0.15, -0.1) is 0 Å². The molecule has 0 radical (unpaired) electrons. The van der Waals surface area contributed by atoms with E-state index < -0.39 is 5.97 Å². The lowest BCUT2D eigenvalue weighted by molar-refractivity contribution is -0.131. The summed E-state index contributed by atoms with van der Waals surface area (Å²) in [5, 5.41) is 8.38. The standard InChI is InChI=1S/C10H17NO3/c1-11(6-2-5-10(12)13)8-9-4-3-7-14-9/h2,5,9H,3-4,6-8H2,1H3,(H,12,13). The van der Waals surface area contributed by atoms with E-state index in [9.17, 15) is 4.79 Å².